The van der Waals surface area contributed by atoms with Gasteiger partial charge in [0, 0.05) is 44.5 Å². The van der Waals surface area contributed by atoms with E-state index in [2.05, 4.69) is 171 Å². The summed E-state index contributed by atoms with van der Waals surface area (Å²) in [6.07, 6.45) is 5.42. The fourth-order valence-corrected chi connectivity index (χ4v) is 10.0. The van der Waals surface area contributed by atoms with E-state index < -0.39 is 5.41 Å². The van der Waals surface area contributed by atoms with Gasteiger partial charge in [0.1, 0.15) is 0 Å². The van der Waals surface area contributed by atoms with Crippen molar-refractivity contribution in [2.45, 2.75) is 19.3 Å². The standard InChI is InChI=1S/C69H51N7/c1-5-6-21-46(2)63-70-64(49-24-13-8-14-25-49)73-67(71-63)56-32-19-30-52(42-56)54-36-40-61-59(44-54)69(3,4)60-45-55(37-41-62(60)76(61)58-38-34-48(35-39-58)47-22-11-7-12-23-47)53-31-20-33-57(43-53)68-74-65(50-26-15-9-16-27-50)72-66(75-68)51-28-17-10-18-29-51/h5-45H,1-2H2,3-4H3/b21-6-. The van der Waals surface area contributed by atoms with Gasteiger partial charge in [-0.15, -0.1) is 0 Å². The lowest BCUT2D eigenvalue weighted by Gasteiger charge is -2.42. The molecule has 1 aliphatic heterocycles. The fraction of sp³-hybridized carbons (Fsp3) is 0.0435. The predicted molar refractivity (Wildman–Crippen MR) is 312 cm³/mol. The zero-order chi connectivity index (χ0) is 51.6. The van der Waals surface area contributed by atoms with Gasteiger partial charge in [-0.05, 0) is 93.0 Å². The maximum Gasteiger partial charge on any atom is 0.164 e. The maximum atomic E-state index is 5.07. The summed E-state index contributed by atoms with van der Waals surface area (Å²) >= 11 is 0. The normalized spacial score (nSPS) is 12.5. The Morgan fingerprint density at radius 1 is 0.368 bits per heavy atom. The molecule has 12 rings (SSSR count). The topological polar surface area (TPSA) is 80.6 Å². The maximum absolute atomic E-state index is 5.07. The average molecular weight is 978 g/mol. The zero-order valence-electron chi connectivity index (χ0n) is 42.2. The van der Waals surface area contributed by atoms with E-state index in [4.69, 9.17) is 29.9 Å². The van der Waals surface area contributed by atoms with Crippen LogP contribution in [0.4, 0.5) is 17.1 Å². The minimum absolute atomic E-state index is 0.428. The summed E-state index contributed by atoms with van der Waals surface area (Å²) in [5.41, 5.74) is 17.1. The first-order valence-electron chi connectivity index (χ1n) is 25.4. The summed E-state index contributed by atoms with van der Waals surface area (Å²) in [6, 6.07) is 80.4. The molecule has 362 valence electrons. The van der Waals surface area contributed by atoms with Gasteiger partial charge in [-0.3, -0.25) is 0 Å². The van der Waals surface area contributed by atoms with E-state index in [1.807, 2.05) is 103 Å². The van der Waals surface area contributed by atoms with Crippen molar-refractivity contribution >= 4 is 22.6 Å². The van der Waals surface area contributed by atoms with E-state index in [0.717, 1.165) is 72.7 Å². The number of hydrogen-bond acceptors (Lipinski definition) is 7. The van der Waals surface area contributed by atoms with E-state index >= 15 is 0 Å². The Morgan fingerprint density at radius 3 is 1.16 bits per heavy atom. The summed E-state index contributed by atoms with van der Waals surface area (Å²) < 4.78 is 0. The van der Waals surface area contributed by atoms with Crippen molar-refractivity contribution in [1.82, 2.24) is 29.9 Å². The molecule has 7 heteroatoms. The molecule has 0 aliphatic carbocycles. The number of fused-ring (bicyclic) bond motifs is 2. The Morgan fingerprint density at radius 2 is 0.711 bits per heavy atom. The van der Waals surface area contributed by atoms with Gasteiger partial charge in [0.15, 0.2) is 34.9 Å². The van der Waals surface area contributed by atoms with Crippen molar-refractivity contribution in [2.75, 3.05) is 4.90 Å². The second kappa shape index (κ2) is 20.1. The predicted octanol–water partition coefficient (Wildman–Crippen LogP) is 17.3. The molecule has 7 nitrogen and oxygen atoms in total. The quantitative estimate of drug-likeness (QED) is 0.113. The molecule has 0 fully saturated rings. The van der Waals surface area contributed by atoms with Gasteiger partial charge in [-0.1, -0.05) is 227 Å². The van der Waals surface area contributed by atoms with Gasteiger partial charge in [0.25, 0.3) is 0 Å². The van der Waals surface area contributed by atoms with Crippen molar-refractivity contribution < 1.29 is 0 Å². The van der Waals surface area contributed by atoms with Crippen molar-refractivity contribution in [3.63, 3.8) is 0 Å². The van der Waals surface area contributed by atoms with E-state index in [1.165, 1.54) is 16.7 Å². The Balaban J connectivity index is 0.963. The summed E-state index contributed by atoms with van der Waals surface area (Å²) in [7, 11) is 0. The second-order valence-corrected chi connectivity index (χ2v) is 19.3. The SMILES string of the molecule is C=C/C=C\C(=C)c1nc(-c2ccccc2)nc(-c2cccc(-c3ccc4c(c3)C(C)(C)c3cc(-c5cccc(-c6nc(-c7ccccc7)nc(-c7ccccc7)n6)c5)ccc3N4c3ccc(-c4ccccc4)cc3)c2)n1. The van der Waals surface area contributed by atoms with Crippen LogP contribution in [-0.4, -0.2) is 29.9 Å². The molecule has 0 atom stereocenters. The summed E-state index contributed by atoms with van der Waals surface area (Å²) in [4.78, 5) is 32.3. The molecule has 1 aliphatic rings. The molecule has 2 aromatic heterocycles. The Kier molecular flexibility index (Phi) is 12.5. The first-order valence-corrected chi connectivity index (χ1v) is 25.4. The van der Waals surface area contributed by atoms with Crippen LogP contribution in [-0.2, 0) is 5.41 Å². The molecule has 9 aromatic carbocycles. The molecule has 0 N–H and O–H groups in total. The number of anilines is 3. The van der Waals surface area contributed by atoms with Crippen LogP contribution in [0.15, 0.2) is 262 Å². The monoisotopic (exact) mass is 977 g/mol. The number of nitrogens with zero attached hydrogens (tertiary/aromatic N) is 7. The summed E-state index contributed by atoms with van der Waals surface area (Å²) in [5.74, 6) is 3.52. The van der Waals surface area contributed by atoms with Crippen LogP contribution in [0.3, 0.4) is 0 Å². The summed E-state index contributed by atoms with van der Waals surface area (Å²) in [6.45, 7) is 12.8. The highest BCUT2D eigenvalue weighted by molar-refractivity contribution is 5.90. The molecule has 11 aromatic rings. The minimum Gasteiger partial charge on any atom is -0.310 e. The summed E-state index contributed by atoms with van der Waals surface area (Å²) in [5, 5.41) is 0. The third-order valence-corrected chi connectivity index (χ3v) is 14.0. The third kappa shape index (κ3) is 9.22. The van der Waals surface area contributed by atoms with Gasteiger partial charge in [-0.2, -0.15) is 0 Å². The van der Waals surface area contributed by atoms with Crippen LogP contribution in [0.5, 0.6) is 0 Å². The molecule has 76 heavy (non-hydrogen) atoms. The average Bonchev–Trinajstić information content (AvgIpc) is 3.63. The number of aromatic nitrogens is 6. The Hall–Kier alpha value is -9.98. The van der Waals surface area contributed by atoms with Crippen LogP contribution in [0.2, 0.25) is 0 Å². The largest absolute Gasteiger partial charge is 0.310 e. The lowest BCUT2D eigenvalue weighted by Crippen LogP contribution is -2.30. The number of hydrogen-bond donors (Lipinski definition) is 0. The minimum atomic E-state index is -0.428. The number of allylic oxidation sites excluding steroid dienone is 4. The van der Waals surface area contributed by atoms with Gasteiger partial charge in [0.05, 0.1) is 11.4 Å². The van der Waals surface area contributed by atoms with Crippen LogP contribution in [0, 0.1) is 0 Å². The smallest absolute Gasteiger partial charge is 0.164 e. The molecule has 0 bridgehead atoms. The molecule has 0 saturated carbocycles. The second-order valence-electron chi connectivity index (χ2n) is 19.3. The molecule has 0 amide bonds. The highest BCUT2D eigenvalue weighted by Crippen LogP contribution is 2.54. The van der Waals surface area contributed by atoms with E-state index in [-0.39, 0.29) is 0 Å². The van der Waals surface area contributed by atoms with E-state index in [9.17, 15) is 0 Å². The Bertz CT molecular complexity index is 3920. The van der Waals surface area contributed by atoms with Gasteiger partial charge in [-0.25, -0.2) is 29.9 Å². The third-order valence-electron chi connectivity index (χ3n) is 14.0. The van der Waals surface area contributed by atoms with Crippen molar-refractivity contribution in [1.29, 1.82) is 0 Å². The van der Waals surface area contributed by atoms with Crippen LogP contribution >= 0.6 is 0 Å². The fourth-order valence-electron chi connectivity index (χ4n) is 10.0. The highest BCUT2D eigenvalue weighted by Gasteiger charge is 2.37. The molecular weight excluding hydrogens is 927 g/mol. The first kappa shape index (κ1) is 47.1. The lowest BCUT2D eigenvalue weighted by atomic mass is 9.72. The van der Waals surface area contributed by atoms with Crippen LogP contribution in [0.25, 0.3) is 95.9 Å². The van der Waals surface area contributed by atoms with Crippen molar-refractivity contribution in [3.05, 3.63) is 279 Å². The first-order chi connectivity index (χ1) is 37.3. The Labute approximate surface area is 443 Å². The zero-order valence-corrected chi connectivity index (χ0v) is 42.2. The van der Waals surface area contributed by atoms with E-state index in [1.54, 1.807) is 6.08 Å². The van der Waals surface area contributed by atoms with Crippen LogP contribution in [0.1, 0.15) is 30.8 Å². The molecule has 0 unspecified atom stereocenters. The molecular formula is C69H51N7. The number of benzene rings is 9. The van der Waals surface area contributed by atoms with Gasteiger partial charge in [0.2, 0.25) is 0 Å². The molecule has 0 spiro atoms. The lowest BCUT2D eigenvalue weighted by molar-refractivity contribution is 0.632. The van der Waals surface area contributed by atoms with Gasteiger partial charge < -0.3 is 4.90 Å². The van der Waals surface area contributed by atoms with Crippen molar-refractivity contribution in [3.8, 4) is 90.3 Å². The molecule has 0 radical (unpaired) electrons. The van der Waals surface area contributed by atoms with Gasteiger partial charge >= 0.3 is 0 Å². The van der Waals surface area contributed by atoms with E-state index in [0.29, 0.717) is 40.5 Å². The highest BCUT2D eigenvalue weighted by atomic mass is 15.2. The van der Waals surface area contributed by atoms with Crippen molar-refractivity contribution in [2.24, 2.45) is 0 Å². The van der Waals surface area contributed by atoms with Crippen LogP contribution < -0.4 is 4.90 Å². The molecule has 3 heterocycles. The molecule has 0 saturated heterocycles. The number of rotatable bonds is 12.